The van der Waals surface area contributed by atoms with Crippen molar-refractivity contribution in [1.29, 1.82) is 0 Å². The van der Waals surface area contributed by atoms with Crippen LogP contribution in [0, 0.1) is 0 Å². The molecule has 0 aliphatic heterocycles. The molecule has 1 unspecified atom stereocenters. The van der Waals surface area contributed by atoms with Gasteiger partial charge in [-0.05, 0) is 43.5 Å². The number of para-hydroxylation sites is 1. The Morgan fingerprint density at radius 2 is 1.90 bits per heavy atom. The Morgan fingerprint density at radius 1 is 1.05 bits per heavy atom. The van der Waals surface area contributed by atoms with Crippen LogP contribution in [0.2, 0.25) is 0 Å². The van der Waals surface area contributed by atoms with Crippen LogP contribution in [-0.4, -0.2) is 6.26 Å². The van der Waals surface area contributed by atoms with Crippen molar-refractivity contribution in [1.82, 2.24) is 0 Å². The molecule has 1 atom stereocenters. The van der Waals surface area contributed by atoms with Crippen LogP contribution in [0.1, 0.15) is 18.7 Å². The van der Waals surface area contributed by atoms with E-state index in [-0.39, 0.29) is 6.04 Å². The summed E-state index contributed by atoms with van der Waals surface area (Å²) in [5.41, 5.74) is 2.05. The number of hydrogen-bond acceptors (Lipinski definition) is 3. The minimum Gasteiger partial charge on any atom is -0.459 e. The Balaban J connectivity index is 1.82. The average Bonchev–Trinajstić information content (AvgIpc) is 2.91. The molecular formula is C17H17NOS. The molecule has 0 aliphatic carbocycles. The van der Waals surface area contributed by atoms with Gasteiger partial charge in [0.25, 0.3) is 0 Å². The van der Waals surface area contributed by atoms with Crippen molar-refractivity contribution in [2.45, 2.75) is 17.9 Å². The Hall–Kier alpha value is -1.87. The number of fused-ring (bicyclic) bond motifs is 1. The number of furan rings is 1. The summed E-state index contributed by atoms with van der Waals surface area (Å²) in [4.78, 5) is 1.26. The Kier molecular flexibility index (Phi) is 3.70. The van der Waals surface area contributed by atoms with Crippen LogP contribution in [0.5, 0.6) is 0 Å². The third-order valence-corrected chi connectivity index (χ3v) is 4.05. The lowest BCUT2D eigenvalue weighted by molar-refractivity contribution is 0.526. The molecular weight excluding hydrogens is 266 g/mol. The van der Waals surface area contributed by atoms with E-state index in [4.69, 9.17) is 4.42 Å². The zero-order valence-electron chi connectivity index (χ0n) is 11.6. The van der Waals surface area contributed by atoms with Gasteiger partial charge in [-0.3, -0.25) is 0 Å². The summed E-state index contributed by atoms with van der Waals surface area (Å²) in [6.07, 6.45) is 2.09. The number of rotatable bonds is 4. The molecule has 0 bridgehead atoms. The molecule has 0 radical (unpaired) electrons. The van der Waals surface area contributed by atoms with E-state index in [0.717, 1.165) is 22.4 Å². The van der Waals surface area contributed by atoms with Gasteiger partial charge in [0, 0.05) is 16.0 Å². The van der Waals surface area contributed by atoms with Crippen molar-refractivity contribution in [2.75, 3.05) is 11.6 Å². The van der Waals surface area contributed by atoms with Gasteiger partial charge in [0.1, 0.15) is 11.3 Å². The fourth-order valence-electron chi connectivity index (χ4n) is 2.25. The van der Waals surface area contributed by atoms with Crippen molar-refractivity contribution >= 4 is 28.4 Å². The highest BCUT2D eigenvalue weighted by Gasteiger charge is 2.11. The average molecular weight is 283 g/mol. The molecule has 20 heavy (non-hydrogen) atoms. The first-order valence-electron chi connectivity index (χ1n) is 6.65. The first-order chi connectivity index (χ1) is 9.76. The number of hydrogen-bond donors (Lipinski definition) is 1. The highest BCUT2D eigenvalue weighted by Crippen LogP contribution is 2.27. The highest BCUT2D eigenvalue weighted by molar-refractivity contribution is 7.98. The largest absolute Gasteiger partial charge is 0.459 e. The van der Waals surface area contributed by atoms with Crippen LogP contribution in [0.15, 0.2) is 63.9 Å². The second-order valence-electron chi connectivity index (χ2n) is 4.78. The second-order valence-corrected chi connectivity index (χ2v) is 5.66. The number of benzene rings is 2. The summed E-state index contributed by atoms with van der Waals surface area (Å²) >= 11 is 1.75. The summed E-state index contributed by atoms with van der Waals surface area (Å²) in [7, 11) is 0. The van der Waals surface area contributed by atoms with Gasteiger partial charge < -0.3 is 9.73 Å². The monoisotopic (exact) mass is 283 g/mol. The predicted molar refractivity (Wildman–Crippen MR) is 86.5 cm³/mol. The van der Waals surface area contributed by atoms with Gasteiger partial charge in [-0.2, -0.15) is 0 Å². The molecule has 0 saturated heterocycles. The lowest BCUT2D eigenvalue weighted by Gasteiger charge is -2.13. The van der Waals surface area contributed by atoms with Crippen LogP contribution in [0.3, 0.4) is 0 Å². The van der Waals surface area contributed by atoms with Gasteiger partial charge in [0.2, 0.25) is 0 Å². The zero-order valence-corrected chi connectivity index (χ0v) is 12.4. The summed E-state index contributed by atoms with van der Waals surface area (Å²) in [5, 5.41) is 4.63. The summed E-state index contributed by atoms with van der Waals surface area (Å²) in [6.45, 7) is 2.11. The molecule has 0 fully saturated rings. The zero-order chi connectivity index (χ0) is 13.9. The second kappa shape index (κ2) is 5.63. The summed E-state index contributed by atoms with van der Waals surface area (Å²) in [6, 6.07) is 18.8. The lowest BCUT2D eigenvalue weighted by Crippen LogP contribution is -2.05. The Morgan fingerprint density at radius 3 is 2.70 bits per heavy atom. The minimum absolute atomic E-state index is 0.138. The Bertz CT molecular complexity index is 687. The third kappa shape index (κ3) is 2.68. The topological polar surface area (TPSA) is 25.2 Å². The van der Waals surface area contributed by atoms with E-state index in [9.17, 15) is 0 Å². The number of nitrogens with one attached hydrogen (secondary N) is 1. The Labute approximate surface area is 123 Å². The molecule has 0 aliphatic rings. The van der Waals surface area contributed by atoms with E-state index in [2.05, 4.69) is 54.9 Å². The molecule has 1 aromatic heterocycles. The molecule has 0 saturated carbocycles. The van der Waals surface area contributed by atoms with Crippen molar-refractivity contribution in [3.63, 3.8) is 0 Å². The smallest absolute Gasteiger partial charge is 0.134 e. The van der Waals surface area contributed by atoms with Gasteiger partial charge in [0.05, 0.1) is 6.04 Å². The van der Waals surface area contributed by atoms with Gasteiger partial charge >= 0.3 is 0 Å². The quantitative estimate of drug-likeness (QED) is 0.655. The maximum absolute atomic E-state index is 5.89. The predicted octanol–water partition coefficient (Wildman–Crippen LogP) is 5.33. The van der Waals surface area contributed by atoms with Crippen molar-refractivity contribution in [3.8, 4) is 0 Å². The molecule has 2 aromatic carbocycles. The van der Waals surface area contributed by atoms with Crippen LogP contribution < -0.4 is 5.32 Å². The van der Waals surface area contributed by atoms with Gasteiger partial charge in [-0.15, -0.1) is 11.8 Å². The standard InChI is InChI=1S/C17H17NOS/c1-12(18-14-7-5-8-15(11-14)20-2)17-10-13-6-3-4-9-16(13)19-17/h3-12,18H,1-2H3. The molecule has 3 heteroatoms. The van der Waals surface area contributed by atoms with E-state index in [1.165, 1.54) is 4.90 Å². The fourth-order valence-corrected chi connectivity index (χ4v) is 2.71. The van der Waals surface area contributed by atoms with Crippen molar-refractivity contribution in [3.05, 3.63) is 60.4 Å². The molecule has 0 spiro atoms. The van der Waals surface area contributed by atoms with Crippen molar-refractivity contribution in [2.24, 2.45) is 0 Å². The maximum Gasteiger partial charge on any atom is 0.134 e. The third-order valence-electron chi connectivity index (χ3n) is 3.32. The highest BCUT2D eigenvalue weighted by atomic mass is 32.2. The molecule has 3 rings (SSSR count). The van der Waals surface area contributed by atoms with Crippen molar-refractivity contribution < 1.29 is 4.42 Å². The molecule has 2 nitrogen and oxygen atoms in total. The SMILES string of the molecule is CSc1cccc(NC(C)c2cc3ccccc3o2)c1. The molecule has 3 aromatic rings. The number of thioether (sulfide) groups is 1. The van der Waals surface area contributed by atoms with Gasteiger partial charge in [-0.25, -0.2) is 0 Å². The first-order valence-corrected chi connectivity index (χ1v) is 7.88. The van der Waals surface area contributed by atoms with Crippen LogP contribution in [0.25, 0.3) is 11.0 Å². The summed E-state index contributed by atoms with van der Waals surface area (Å²) < 4.78 is 5.89. The van der Waals surface area contributed by atoms with E-state index in [0.29, 0.717) is 0 Å². The lowest BCUT2D eigenvalue weighted by atomic mass is 10.2. The van der Waals surface area contributed by atoms with E-state index < -0.39 is 0 Å². The van der Waals surface area contributed by atoms with E-state index >= 15 is 0 Å². The van der Waals surface area contributed by atoms with Crippen LogP contribution in [-0.2, 0) is 0 Å². The van der Waals surface area contributed by atoms with Crippen LogP contribution >= 0.6 is 11.8 Å². The minimum atomic E-state index is 0.138. The molecule has 1 N–H and O–H groups in total. The van der Waals surface area contributed by atoms with E-state index in [1.54, 1.807) is 11.8 Å². The van der Waals surface area contributed by atoms with E-state index in [1.807, 2.05) is 18.2 Å². The fraction of sp³-hybridized carbons (Fsp3) is 0.176. The van der Waals surface area contributed by atoms with Gasteiger partial charge in [-0.1, -0.05) is 24.3 Å². The molecule has 0 amide bonds. The van der Waals surface area contributed by atoms with Gasteiger partial charge in [0.15, 0.2) is 0 Å². The van der Waals surface area contributed by atoms with Crippen LogP contribution in [0.4, 0.5) is 5.69 Å². The molecule has 102 valence electrons. The summed E-state index contributed by atoms with van der Waals surface area (Å²) in [5.74, 6) is 0.959. The maximum atomic E-state index is 5.89. The molecule has 1 heterocycles. The normalized spacial score (nSPS) is 12.5. The number of anilines is 1. The first kappa shape index (κ1) is 13.1.